The van der Waals surface area contributed by atoms with E-state index in [0.717, 1.165) is 16.0 Å². The summed E-state index contributed by atoms with van der Waals surface area (Å²) >= 11 is 0. The minimum atomic E-state index is -1.08. The highest BCUT2D eigenvalue weighted by molar-refractivity contribution is 6.12. The number of rotatable bonds is 7. The lowest BCUT2D eigenvalue weighted by atomic mass is 9.81. The van der Waals surface area contributed by atoms with Crippen LogP contribution in [-0.2, 0) is 23.1 Å². The van der Waals surface area contributed by atoms with Gasteiger partial charge in [0.25, 0.3) is 5.91 Å². The lowest BCUT2D eigenvalue weighted by molar-refractivity contribution is -0.156. The van der Waals surface area contributed by atoms with E-state index in [1.807, 2.05) is 6.92 Å². The van der Waals surface area contributed by atoms with Crippen LogP contribution in [0.15, 0.2) is 42.6 Å². The maximum absolute atomic E-state index is 14.6. The summed E-state index contributed by atoms with van der Waals surface area (Å²) in [5, 5.41) is 7.02. The molecular formula is C27H32FN7O3. The number of likely N-dealkylation sites (N-methyl/N-ethyl adjacent to an activating group) is 1. The molecule has 0 spiro atoms. The molecule has 0 aliphatic carbocycles. The molecule has 1 saturated heterocycles. The highest BCUT2D eigenvalue weighted by atomic mass is 19.1. The summed E-state index contributed by atoms with van der Waals surface area (Å²) in [5.74, 6) is -1.52. The van der Waals surface area contributed by atoms with Crippen molar-refractivity contribution in [3.8, 4) is 0 Å². The van der Waals surface area contributed by atoms with Gasteiger partial charge in [-0.2, -0.15) is 5.10 Å². The zero-order valence-corrected chi connectivity index (χ0v) is 22.1. The molecular weight excluding hydrogens is 489 g/mol. The molecule has 3 heterocycles. The Morgan fingerprint density at radius 1 is 1.21 bits per heavy atom. The number of nitrogens with one attached hydrogen (secondary N) is 1. The lowest BCUT2D eigenvalue weighted by Crippen LogP contribution is -2.70. The molecule has 2 aromatic heterocycles. The molecule has 0 saturated carbocycles. The van der Waals surface area contributed by atoms with Crippen LogP contribution in [-0.4, -0.2) is 50.6 Å². The van der Waals surface area contributed by atoms with Gasteiger partial charge in [-0.3, -0.25) is 24.1 Å². The number of carbonyl (C=O) groups is 3. The van der Waals surface area contributed by atoms with Crippen LogP contribution in [0.25, 0.3) is 0 Å². The molecule has 4 amide bonds. The highest BCUT2D eigenvalue weighted by Gasteiger charge is 2.55. The molecule has 200 valence electrons. The van der Waals surface area contributed by atoms with Gasteiger partial charge in [0.15, 0.2) is 5.82 Å². The van der Waals surface area contributed by atoms with Gasteiger partial charge in [-0.1, -0.05) is 24.6 Å². The van der Waals surface area contributed by atoms with E-state index in [1.54, 1.807) is 69.2 Å². The fraction of sp³-hybridized carbons (Fsp3) is 0.370. The van der Waals surface area contributed by atoms with E-state index >= 15 is 0 Å². The van der Waals surface area contributed by atoms with Crippen molar-refractivity contribution >= 4 is 29.5 Å². The Hall–Kier alpha value is -4.28. The first-order chi connectivity index (χ1) is 18.0. The quantitative estimate of drug-likeness (QED) is 0.460. The van der Waals surface area contributed by atoms with Gasteiger partial charge in [-0.25, -0.2) is 14.2 Å². The second-order valence-corrected chi connectivity index (χ2v) is 9.69. The Bertz CT molecular complexity index is 1370. The summed E-state index contributed by atoms with van der Waals surface area (Å²) in [6.45, 7) is 5.42. The third-order valence-corrected chi connectivity index (χ3v) is 6.78. The maximum atomic E-state index is 14.6. The average molecular weight is 522 g/mol. The molecule has 1 fully saturated rings. The molecule has 38 heavy (non-hydrogen) atoms. The van der Waals surface area contributed by atoms with E-state index in [-0.39, 0.29) is 6.42 Å². The number of nitrogens with two attached hydrogens (primary N) is 1. The van der Waals surface area contributed by atoms with Gasteiger partial charge in [0.2, 0.25) is 5.91 Å². The summed E-state index contributed by atoms with van der Waals surface area (Å²) in [6.07, 6.45) is 2.28. The first-order valence-electron chi connectivity index (χ1n) is 12.4. The van der Waals surface area contributed by atoms with E-state index in [2.05, 4.69) is 15.4 Å². The third-order valence-electron chi connectivity index (χ3n) is 6.78. The first-order valence-corrected chi connectivity index (χ1v) is 12.4. The van der Waals surface area contributed by atoms with E-state index in [1.165, 1.54) is 11.0 Å². The molecule has 3 atom stereocenters. The van der Waals surface area contributed by atoms with Gasteiger partial charge >= 0.3 is 6.03 Å². The van der Waals surface area contributed by atoms with Crippen LogP contribution in [0.1, 0.15) is 41.8 Å². The number of β-lactam (4-membered cyclic amide) rings is 1. The number of pyridine rings is 1. The lowest BCUT2D eigenvalue weighted by Gasteiger charge is -2.45. The molecule has 1 unspecified atom stereocenters. The summed E-state index contributed by atoms with van der Waals surface area (Å²) in [4.78, 5) is 46.8. The fourth-order valence-electron chi connectivity index (χ4n) is 4.84. The number of aromatic nitrogens is 3. The Kier molecular flexibility index (Phi) is 7.47. The number of aryl methyl sites for hydroxylation is 3. The largest absolute Gasteiger partial charge is 0.384 e. The predicted molar refractivity (Wildman–Crippen MR) is 141 cm³/mol. The molecule has 4 rings (SSSR count). The molecule has 0 radical (unpaired) electrons. The monoisotopic (exact) mass is 521 g/mol. The molecule has 11 heteroatoms. The number of carbonyl (C=O) groups excluding carboxylic acids is 3. The Morgan fingerprint density at radius 3 is 2.58 bits per heavy atom. The van der Waals surface area contributed by atoms with Crippen LogP contribution in [0.4, 0.5) is 20.8 Å². The van der Waals surface area contributed by atoms with Crippen LogP contribution in [0, 0.1) is 25.6 Å². The maximum Gasteiger partial charge on any atom is 0.325 e. The Labute approximate surface area is 220 Å². The van der Waals surface area contributed by atoms with Gasteiger partial charge in [-0.15, -0.1) is 0 Å². The van der Waals surface area contributed by atoms with Crippen LogP contribution < -0.4 is 16.0 Å². The molecule has 1 aromatic carbocycles. The fourth-order valence-corrected chi connectivity index (χ4v) is 4.84. The number of benzene rings is 1. The molecule has 3 N–H and O–H groups in total. The standard InChI is InChI=1S/C27H32FN7O3/c1-6-21(18-11-15(2)7-8-20(18)28)31-27(38)35-24(26(37)34(5)23-9-10-33(4)32-23)19(25(35)36)13-17-12-16(3)30-22(29)14-17/h7-12,14,19,21,24H,6,13H2,1-5H3,(H2,29,30)(H,31,38)/t19-,21?,24+/m1/s1. The number of anilines is 2. The van der Waals surface area contributed by atoms with Gasteiger partial charge in [0.1, 0.15) is 17.7 Å². The van der Waals surface area contributed by atoms with Crippen molar-refractivity contribution in [3.63, 3.8) is 0 Å². The number of hydrogen-bond acceptors (Lipinski definition) is 6. The number of amides is 4. The van der Waals surface area contributed by atoms with Gasteiger partial charge in [0, 0.05) is 37.6 Å². The summed E-state index contributed by atoms with van der Waals surface area (Å²) in [6, 6.07) is 7.26. The first kappa shape index (κ1) is 26.8. The van der Waals surface area contributed by atoms with Crippen LogP contribution in [0.2, 0.25) is 0 Å². The van der Waals surface area contributed by atoms with Gasteiger partial charge in [-0.05, 0) is 50.5 Å². The molecule has 3 aromatic rings. The van der Waals surface area contributed by atoms with Crippen LogP contribution in [0.5, 0.6) is 0 Å². The normalized spacial score (nSPS) is 17.6. The number of imide groups is 1. The van der Waals surface area contributed by atoms with E-state index in [9.17, 15) is 18.8 Å². The van der Waals surface area contributed by atoms with Crippen molar-refractivity contribution in [1.82, 2.24) is 25.0 Å². The number of likely N-dealkylation sites (tertiary alicyclic amines) is 1. The number of nitrogen functional groups attached to an aromatic ring is 1. The Morgan fingerprint density at radius 2 is 1.95 bits per heavy atom. The van der Waals surface area contributed by atoms with E-state index in [0.29, 0.717) is 29.3 Å². The van der Waals surface area contributed by atoms with Crippen molar-refractivity contribution in [2.75, 3.05) is 17.7 Å². The van der Waals surface area contributed by atoms with Crippen LogP contribution >= 0.6 is 0 Å². The average Bonchev–Trinajstić information content (AvgIpc) is 3.30. The summed E-state index contributed by atoms with van der Waals surface area (Å²) in [7, 11) is 3.27. The third kappa shape index (κ3) is 5.22. The molecule has 0 bridgehead atoms. The van der Waals surface area contributed by atoms with Gasteiger partial charge in [0.05, 0.1) is 12.0 Å². The summed E-state index contributed by atoms with van der Waals surface area (Å²) in [5.41, 5.74) is 8.46. The van der Waals surface area contributed by atoms with Crippen LogP contribution in [0.3, 0.4) is 0 Å². The summed E-state index contributed by atoms with van der Waals surface area (Å²) < 4.78 is 16.1. The van der Waals surface area contributed by atoms with Crippen molar-refractivity contribution in [2.45, 2.75) is 45.7 Å². The highest BCUT2D eigenvalue weighted by Crippen LogP contribution is 2.33. The minimum absolute atomic E-state index is 0.201. The smallest absolute Gasteiger partial charge is 0.325 e. The number of nitrogens with zero attached hydrogens (tertiary/aromatic N) is 5. The molecule has 1 aliphatic rings. The second-order valence-electron chi connectivity index (χ2n) is 9.69. The number of hydrogen-bond donors (Lipinski definition) is 2. The topological polar surface area (TPSA) is 126 Å². The second kappa shape index (κ2) is 10.6. The minimum Gasteiger partial charge on any atom is -0.384 e. The number of halogens is 1. The van der Waals surface area contributed by atoms with Crippen molar-refractivity contribution < 1.29 is 18.8 Å². The zero-order chi connectivity index (χ0) is 27.7. The van der Waals surface area contributed by atoms with E-state index in [4.69, 9.17) is 5.73 Å². The van der Waals surface area contributed by atoms with Crippen molar-refractivity contribution in [3.05, 3.63) is 70.8 Å². The predicted octanol–water partition coefficient (Wildman–Crippen LogP) is 3.05. The number of urea groups is 1. The molecule has 10 nitrogen and oxygen atoms in total. The Balaban J connectivity index is 1.63. The van der Waals surface area contributed by atoms with Crippen molar-refractivity contribution in [2.24, 2.45) is 13.0 Å². The zero-order valence-electron chi connectivity index (χ0n) is 22.1. The van der Waals surface area contributed by atoms with Crippen molar-refractivity contribution in [1.29, 1.82) is 0 Å². The SMILES string of the molecule is CCC(NC(=O)N1C(=O)[C@H](Cc2cc(C)nc(N)c2)[C@H]1C(=O)N(C)c1ccn(C)n1)c1cc(C)ccc1F. The van der Waals surface area contributed by atoms with E-state index < -0.39 is 41.7 Å². The van der Waals surface area contributed by atoms with Gasteiger partial charge < -0.3 is 11.1 Å². The molecule has 1 aliphatic heterocycles.